The minimum atomic E-state index is -0.394. The molecule has 106 valence electrons. The fraction of sp³-hybridized carbons (Fsp3) is 0.786. The number of rotatable bonds is 6. The summed E-state index contributed by atoms with van der Waals surface area (Å²) in [5.41, 5.74) is -0.364. The van der Waals surface area contributed by atoms with Gasteiger partial charge in [-0.15, -0.1) is 0 Å². The van der Waals surface area contributed by atoms with E-state index in [9.17, 15) is 9.59 Å². The first kappa shape index (κ1) is 15.5. The molecule has 0 spiro atoms. The lowest BCUT2D eigenvalue weighted by Gasteiger charge is -2.34. The summed E-state index contributed by atoms with van der Waals surface area (Å²) in [7, 11) is 0. The molecule has 0 unspecified atom stereocenters. The zero-order valence-corrected chi connectivity index (χ0v) is 12.1. The molecular weight excluding hydrogens is 242 g/mol. The summed E-state index contributed by atoms with van der Waals surface area (Å²) in [4.78, 5) is 27.0. The van der Waals surface area contributed by atoms with E-state index in [-0.39, 0.29) is 11.3 Å². The number of carbonyl (C=O) groups is 2. The van der Waals surface area contributed by atoms with E-state index in [0.717, 1.165) is 19.3 Å². The van der Waals surface area contributed by atoms with E-state index in [0.29, 0.717) is 26.2 Å². The molecule has 1 saturated heterocycles. The van der Waals surface area contributed by atoms with E-state index in [1.54, 1.807) is 9.80 Å². The van der Waals surface area contributed by atoms with Gasteiger partial charge in [0.05, 0.1) is 11.5 Å². The highest BCUT2D eigenvalue weighted by molar-refractivity contribution is 6.35. The summed E-state index contributed by atoms with van der Waals surface area (Å²) in [6.07, 6.45) is 2.36. The van der Waals surface area contributed by atoms with Crippen LogP contribution in [0.25, 0.3) is 0 Å². The average molecular weight is 265 g/mol. The zero-order valence-electron chi connectivity index (χ0n) is 12.1. The van der Waals surface area contributed by atoms with Crippen molar-refractivity contribution in [3.8, 4) is 6.07 Å². The second kappa shape index (κ2) is 6.55. The van der Waals surface area contributed by atoms with Crippen LogP contribution in [0.4, 0.5) is 0 Å². The Balaban J connectivity index is 2.44. The largest absolute Gasteiger partial charge is 0.333 e. The van der Waals surface area contributed by atoms with Crippen molar-refractivity contribution in [2.45, 2.75) is 40.0 Å². The summed E-state index contributed by atoms with van der Waals surface area (Å²) >= 11 is 0. The first-order valence-corrected chi connectivity index (χ1v) is 6.90. The molecule has 5 heteroatoms. The van der Waals surface area contributed by atoms with Gasteiger partial charge in [0.2, 0.25) is 0 Å². The van der Waals surface area contributed by atoms with E-state index in [1.165, 1.54) is 0 Å². The molecule has 1 fully saturated rings. The minimum Gasteiger partial charge on any atom is -0.333 e. The van der Waals surface area contributed by atoms with Crippen LogP contribution in [0.15, 0.2) is 0 Å². The Morgan fingerprint density at radius 2 is 1.68 bits per heavy atom. The molecule has 1 aliphatic heterocycles. The molecule has 5 nitrogen and oxygen atoms in total. The number of nitriles is 1. The van der Waals surface area contributed by atoms with Crippen molar-refractivity contribution in [3.63, 3.8) is 0 Å². The third-order valence-corrected chi connectivity index (χ3v) is 3.42. The molecular formula is C14H23N3O2. The van der Waals surface area contributed by atoms with Crippen LogP contribution in [-0.4, -0.2) is 47.8 Å². The summed E-state index contributed by atoms with van der Waals surface area (Å²) in [6, 6.07) is 2.24. The van der Waals surface area contributed by atoms with E-state index in [2.05, 4.69) is 6.07 Å². The predicted octanol–water partition coefficient (Wildman–Crippen LogP) is 1.40. The topological polar surface area (TPSA) is 64.4 Å². The van der Waals surface area contributed by atoms with Gasteiger partial charge in [-0.3, -0.25) is 9.59 Å². The van der Waals surface area contributed by atoms with Crippen molar-refractivity contribution in [1.29, 1.82) is 5.26 Å². The van der Waals surface area contributed by atoms with Crippen molar-refractivity contribution in [1.82, 2.24) is 9.80 Å². The zero-order chi connectivity index (χ0) is 14.5. The quantitative estimate of drug-likeness (QED) is 0.682. The maximum absolute atomic E-state index is 11.9. The summed E-state index contributed by atoms with van der Waals surface area (Å²) in [5, 5.41) is 8.93. The van der Waals surface area contributed by atoms with Crippen molar-refractivity contribution >= 4 is 11.8 Å². The van der Waals surface area contributed by atoms with Crippen molar-refractivity contribution in [2.75, 3.05) is 26.2 Å². The molecule has 19 heavy (non-hydrogen) atoms. The van der Waals surface area contributed by atoms with Crippen molar-refractivity contribution in [3.05, 3.63) is 0 Å². The molecule has 0 aromatic heterocycles. The number of nitrogens with zero attached hydrogens (tertiary/aromatic N) is 3. The predicted molar refractivity (Wildman–Crippen MR) is 72.1 cm³/mol. The third kappa shape index (κ3) is 4.23. The van der Waals surface area contributed by atoms with E-state index in [4.69, 9.17) is 5.26 Å². The fourth-order valence-electron chi connectivity index (χ4n) is 2.18. The van der Waals surface area contributed by atoms with Crippen LogP contribution in [0.5, 0.6) is 0 Å². The van der Waals surface area contributed by atoms with Gasteiger partial charge in [0.15, 0.2) is 0 Å². The third-order valence-electron chi connectivity index (χ3n) is 3.42. The number of hydrogen-bond acceptors (Lipinski definition) is 3. The molecule has 2 amide bonds. The van der Waals surface area contributed by atoms with Crippen LogP contribution in [0.2, 0.25) is 0 Å². The Labute approximate surface area is 115 Å². The van der Waals surface area contributed by atoms with Crippen LogP contribution in [0.1, 0.15) is 40.0 Å². The Bertz CT molecular complexity index is 385. The molecule has 0 atom stereocenters. The van der Waals surface area contributed by atoms with Crippen LogP contribution in [-0.2, 0) is 9.59 Å². The first-order chi connectivity index (χ1) is 8.91. The van der Waals surface area contributed by atoms with E-state index >= 15 is 0 Å². The number of piperazine rings is 1. The standard InChI is InChI=1S/C14H23N3O2/c1-4-7-16-9-10-17(13(19)12(16)18)8-5-6-14(2,3)11-15/h4-10H2,1-3H3. The average Bonchev–Trinajstić information content (AvgIpc) is 2.38. The lowest BCUT2D eigenvalue weighted by Crippen LogP contribution is -2.54. The molecule has 0 N–H and O–H groups in total. The second-order valence-electron chi connectivity index (χ2n) is 5.68. The van der Waals surface area contributed by atoms with Gasteiger partial charge in [-0.1, -0.05) is 6.92 Å². The number of carbonyl (C=O) groups excluding carboxylic acids is 2. The van der Waals surface area contributed by atoms with Gasteiger partial charge < -0.3 is 9.80 Å². The lowest BCUT2D eigenvalue weighted by atomic mass is 9.90. The maximum Gasteiger partial charge on any atom is 0.312 e. The smallest absolute Gasteiger partial charge is 0.312 e. The SMILES string of the molecule is CCCN1CCN(CCCC(C)(C)C#N)C(=O)C1=O. The highest BCUT2D eigenvalue weighted by Crippen LogP contribution is 2.21. The summed E-state index contributed by atoms with van der Waals surface area (Å²) in [6.45, 7) is 8.22. The van der Waals surface area contributed by atoms with Gasteiger partial charge in [0.25, 0.3) is 0 Å². The Hall–Kier alpha value is -1.57. The Morgan fingerprint density at radius 3 is 2.16 bits per heavy atom. The van der Waals surface area contributed by atoms with Gasteiger partial charge in [0, 0.05) is 26.2 Å². The van der Waals surface area contributed by atoms with Crippen molar-refractivity contribution < 1.29 is 9.59 Å². The van der Waals surface area contributed by atoms with Crippen molar-refractivity contribution in [2.24, 2.45) is 5.41 Å². The first-order valence-electron chi connectivity index (χ1n) is 6.90. The van der Waals surface area contributed by atoms with Gasteiger partial charge in [-0.2, -0.15) is 5.26 Å². The molecule has 0 bridgehead atoms. The summed E-state index contributed by atoms with van der Waals surface area (Å²) in [5.74, 6) is -0.776. The molecule has 0 aliphatic carbocycles. The highest BCUT2D eigenvalue weighted by Gasteiger charge is 2.31. The number of hydrogen-bond donors (Lipinski definition) is 0. The van der Waals surface area contributed by atoms with Crippen LogP contribution in [0.3, 0.4) is 0 Å². The van der Waals surface area contributed by atoms with Crippen LogP contribution < -0.4 is 0 Å². The molecule has 0 aromatic carbocycles. The molecule has 1 heterocycles. The van der Waals surface area contributed by atoms with Crippen LogP contribution >= 0.6 is 0 Å². The highest BCUT2D eigenvalue weighted by atomic mass is 16.2. The molecule has 0 radical (unpaired) electrons. The summed E-state index contributed by atoms with van der Waals surface area (Å²) < 4.78 is 0. The van der Waals surface area contributed by atoms with Gasteiger partial charge in [-0.05, 0) is 33.1 Å². The lowest BCUT2D eigenvalue weighted by molar-refractivity contribution is -0.156. The second-order valence-corrected chi connectivity index (χ2v) is 5.68. The number of amides is 2. The monoisotopic (exact) mass is 265 g/mol. The molecule has 1 aliphatic rings. The van der Waals surface area contributed by atoms with Gasteiger partial charge >= 0.3 is 11.8 Å². The van der Waals surface area contributed by atoms with E-state index < -0.39 is 5.91 Å². The maximum atomic E-state index is 11.9. The normalized spacial score (nSPS) is 16.7. The minimum absolute atomic E-state index is 0.364. The van der Waals surface area contributed by atoms with Gasteiger partial charge in [-0.25, -0.2) is 0 Å². The Kier molecular flexibility index (Phi) is 5.34. The van der Waals surface area contributed by atoms with Crippen LogP contribution in [0, 0.1) is 16.7 Å². The fourth-order valence-corrected chi connectivity index (χ4v) is 2.18. The molecule has 1 rings (SSSR count). The molecule has 0 saturated carbocycles. The molecule has 0 aromatic rings. The Morgan fingerprint density at radius 1 is 1.16 bits per heavy atom. The van der Waals surface area contributed by atoms with Gasteiger partial charge in [0.1, 0.15) is 0 Å². The van der Waals surface area contributed by atoms with E-state index in [1.807, 2.05) is 20.8 Å².